The van der Waals surface area contributed by atoms with Crippen LogP contribution in [-0.4, -0.2) is 39.4 Å². The number of carboxylic acid groups (broad SMARTS) is 1. The Labute approximate surface area is 194 Å². The van der Waals surface area contributed by atoms with Gasteiger partial charge in [-0.25, -0.2) is 0 Å². The summed E-state index contributed by atoms with van der Waals surface area (Å²) >= 11 is 0. The normalized spacial score (nSPS) is 12.0. The molecule has 0 aliphatic heterocycles. The van der Waals surface area contributed by atoms with E-state index in [2.05, 4.69) is 42.6 Å². The molecule has 0 saturated carbocycles. The summed E-state index contributed by atoms with van der Waals surface area (Å²) < 4.78 is 1.98. The summed E-state index contributed by atoms with van der Waals surface area (Å²) in [7, 11) is 0. The lowest BCUT2D eigenvalue weighted by Crippen LogP contribution is -2.32. The highest BCUT2D eigenvalue weighted by molar-refractivity contribution is 5.94. The van der Waals surface area contributed by atoms with Crippen LogP contribution >= 0.6 is 0 Å². The maximum absolute atomic E-state index is 12.4. The molecular weight excluding hydrogens is 416 g/mol. The van der Waals surface area contributed by atoms with E-state index >= 15 is 0 Å². The second-order valence-electron chi connectivity index (χ2n) is 8.71. The van der Waals surface area contributed by atoms with Gasteiger partial charge in [-0.05, 0) is 54.0 Å². The fraction of sp³-hybridized carbons (Fsp3) is 0.346. The van der Waals surface area contributed by atoms with Gasteiger partial charge in [-0.1, -0.05) is 50.2 Å². The molecule has 1 aromatic heterocycles. The van der Waals surface area contributed by atoms with Crippen LogP contribution in [0, 0.1) is 5.92 Å². The van der Waals surface area contributed by atoms with Crippen LogP contribution in [0.2, 0.25) is 0 Å². The van der Waals surface area contributed by atoms with Crippen molar-refractivity contribution >= 4 is 11.9 Å². The summed E-state index contributed by atoms with van der Waals surface area (Å²) in [5.41, 5.74) is 10.4. The van der Waals surface area contributed by atoms with E-state index in [1.165, 1.54) is 11.1 Å². The number of nitrogens with zero attached hydrogens (tertiary/aromatic N) is 2. The number of carbonyl (C=O) groups is 2. The number of aromatic nitrogens is 2. The van der Waals surface area contributed by atoms with Gasteiger partial charge in [0.25, 0.3) is 5.91 Å². The maximum atomic E-state index is 12.4. The predicted molar refractivity (Wildman–Crippen MR) is 129 cm³/mol. The van der Waals surface area contributed by atoms with Gasteiger partial charge in [0.15, 0.2) is 0 Å². The minimum atomic E-state index is -1.04. The summed E-state index contributed by atoms with van der Waals surface area (Å²) in [5.74, 6) is -0.648. The average Bonchev–Trinajstić information content (AvgIpc) is 3.24. The van der Waals surface area contributed by atoms with Crippen molar-refractivity contribution in [2.45, 2.75) is 45.7 Å². The molecule has 7 heteroatoms. The molecule has 3 aromatic rings. The van der Waals surface area contributed by atoms with Gasteiger partial charge in [0.2, 0.25) is 0 Å². The molecule has 0 bridgehead atoms. The van der Waals surface area contributed by atoms with Crippen LogP contribution in [0.3, 0.4) is 0 Å². The summed E-state index contributed by atoms with van der Waals surface area (Å²) in [6.45, 7) is 5.80. The van der Waals surface area contributed by atoms with Crippen LogP contribution in [0.1, 0.15) is 41.8 Å². The summed E-state index contributed by atoms with van der Waals surface area (Å²) in [6, 6.07) is 14.2. The van der Waals surface area contributed by atoms with E-state index < -0.39 is 12.0 Å². The summed E-state index contributed by atoms with van der Waals surface area (Å²) in [5, 5.41) is 16.3. The number of hydrogen-bond donors (Lipinski definition) is 3. The number of carboxylic acids is 1. The molecule has 1 unspecified atom stereocenters. The number of carbonyl (C=O) groups excluding carboxylic acids is 1. The number of aryl methyl sites for hydroxylation is 1. The predicted octanol–water partition coefficient (Wildman–Crippen LogP) is 3.52. The molecule has 0 saturated heterocycles. The quantitative estimate of drug-likeness (QED) is 0.389. The first kappa shape index (κ1) is 24.2. The van der Waals surface area contributed by atoms with Crippen molar-refractivity contribution in [1.29, 1.82) is 0 Å². The Balaban J connectivity index is 1.51. The standard InChI is InChI=1S/C26H32N4O3/c1-18(2)16-30-17-22(15-29-30)23-8-4-3-6-20(23)7-5-13-28-25(31)21-11-9-19(10-12-21)14-24(27)26(32)33/h3-4,6,8-12,15,17-18,24H,5,7,13-14,16,27H2,1-2H3,(H,28,31)(H,32,33). The van der Waals surface area contributed by atoms with Crippen molar-refractivity contribution in [1.82, 2.24) is 15.1 Å². The first-order valence-corrected chi connectivity index (χ1v) is 11.3. The monoisotopic (exact) mass is 448 g/mol. The number of nitrogens with two attached hydrogens (primary N) is 1. The average molecular weight is 449 g/mol. The van der Waals surface area contributed by atoms with E-state index in [4.69, 9.17) is 10.8 Å². The molecule has 0 aliphatic carbocycles. The number of amides is 1. The molecule has 0 aliphatic rings. The topological polar surface area (TPSA) is 110 Å². The lowest BCUT2D eigenvalue weighted by Gasteiger charge is -2.10. The Kier molecular flexibility index (Phi) is 8.38. The highest BCUT2D eigenvalue weighted by Crippen LogP contribution is 2.24. The SMILES string of the molecule is CC(C)Cn1cc(-c2ccccc2CCCNC(=O)c2ccc(CC(N)C(=O)O)cc2)cn1. The van der Waals surface area contributed by atoms with Gasteiger partial charge in [-0.2, -0.15) is 5.10 Å². The lowest BCUT2D eigenvalue weighted by molar-refractivity contribution is -0.138. The molecule has 4 N–H and O–H groups in total. The Hall–Kier alpha value is -3.45. The van der Waals surface area contributed by atoms with Crippen molar-refractivity contribution < 1.29 is 14.7 Å². The van der Waals surface area contributed by atoms with Crippen LogP contribution in [0.4, 0.5) is 0 Å². The van der Waals surface area contributed by atoms with E-state index in [0.717, 1.165) is 30.5 Å². The molecular formula is C26H32N4O3. The van der Waals surface area contributed by atoms with Gasteiger partial charge >= 0.3 is 5.97 Å². The molecule has 0 radical (unpaired) electrons. The van der Waals surface area contributed by atoms with Crippen LogP contribution in [0.15, 0.2) is 60.9 Å². The molecule has 2 aromatic carbocycles. The van der Waals surface area contributed by atoms with Crippen molar-refractivity contribution in [3.8, 4) is 11.1 Å². The lowest BCUT2D eigenvalue weighted by atomic mass is 9.99. The van der Waals surface area contributed by atoms with Gasteiger partial charge in [0, 0.05) is 30.4 Å². The van der Waals surface area contributed by atoms with Gasteiger partial charge in [0.1, 0.15) is 6.04 Å². The van der Waals surface area contributed by atoms with Crippen LogP contribution in [-0.2, 0) is 24.2 Å². The zero-order valence-corrected chi connectivity index (χ0v) is 19.2. The largest absolute Gasteiger partial charge is 0.480 e. The number of benzene rings is 2. The molecule has 7 nitrogen and oxygen atoms in total. The Morgan fingerprint density at radius 2 is 1.85 bits per heavy atom. The highest BCUT2D eigenvalue weighted by atomic mass is 16.4. The number of nitrogens with one attached hydrogen (secondary N) is 1. The molecule has 1 amide bonds. The van der Waals surface area contributed by atoms with E-state index in [1.807, 2.05) is 23.0 Å². The van der Waals surface area contributed by atoms with Gasteiger partial charge in [-0.3, -0.25) is 14.3 Å². The van der Waals surface area contributed by atoms with Crippen LogP contribution < -0.4 is 11.1 Å². The van der Waals surface area contributed by atoms with Gasteiger partial charge in [-0.15, -0.1) is 0 Å². The molecule has 1 atom stereocenters. The Bertz CT molecular complexity index is 1070. The zero-order chi connectivity index (χ0) is 23.8. The smallest absolute Gasteiger partial charge is 0.320 e. The minimum Gasteiger partial charge on any atom is -0.480 e. The van der Waals surface area contributed by atoms with Crippen molar-refractivity contribution in [2.24, 2.45) is 11.7 Å². The third-order valence-electron chi connectivity index (χ3n) is 5.41. The fourth-order valence-electron chi connectivity index (χ4n) is 3.71. The number of hydrogen-bond acceptors (Lipinski definition) is 4. The third-order valence-corrected chi connectivity index (χ3v) is 5.41. The van der Waals surface area contributed by atoms with Gasteiger partial charge in [0.05, 0.1) is 6.20 Å². The van der Waals surface area contributed by atoms with Crippen molar-refractivity contribution in [2.75, 3.05) is 6.54 Å². The summed E-state index contributed by atoms with van der Waals surface area (Å²) in [4.78, 5) is 23.3. The molecule has 0 spiro atoms. The molecule has 33 heavy (non-hydrogen) atoms. The van der Waals surface area contributed by atoms with E-state index in [9.17, 15) is 9.59 Å². The Morgan fingerprint density at radius 3 is 2.55 bits per heavy atom. The number of aliphatic carboxylic acids is 1. The van der Waals surface area contributed by atoms with E-state index in [1.54, 1.807) is 24.3 Å². The summed E-state index contributed by atoms with van der Waals surface area (Å²) in [6.07, 6.45) is 5.89. The highest BCUT2D eigenvalue weighted by Gasteiger charge is 2.13. The van der Waals surface area contributed by atoms with E-state index in [0.29, 0.717) is 18.0 Å². The molecule has 0 fully saturated rings. The first-order valence-electron chi connectivity index (χ1n) is 11.3. The third kappa shape index (κ3) is 7.02. The Morgan fingerprint density at radius 1 is 1.12 bits per heavy atom. The van der Waals surface area contributed by atoms with Crippen LogP contribution in [0.25, 0.3) is 11.1 Å². The fourth-order valence-corrected chi connectivity index (χ4v) is 3.71. The molecule has 3 rings (SSSR count). The molecule has 1 heterocycles. The van der Waals surface area contributed by atoms with Gasteiger partial charge < -0.3 is 16.2 Å². The first-order chi connectivity index (χ1) is 15.8. The van der Waals surface area contributed by atoms with E-state index in [-0.39, 0.29) is 12.3 Å². The zero-order valence-electron chi connectivity index (χ0n) is 19.2. The second-order valence-corrected chi connectivity index (χ2v) is 8.71. The number of rotatable bonds is 11. The van der Waals surface area contributed by atoms with Crippen molar-refractivity contribution in [3.05, 3.63) is 77.6 Å². The van der Waals surface area contributed by atoms with Crippen molar-refractivity contribution in [3.63, 3.8) is 0 Å². The molecule has 174 valence electrons. The van der Waals surface area contributed by atoms with Crippen LogP contribution in [0.5, 0.6) is 0 Å². The second kappa shape index (κ2) is 11.4. The maximum Gasteiger partial charge on any atom is 0.320 e. The minimum absolute atomic E-state index is 0.146.